The van der Waals surface area contributed by atoms with E-state index in [0.29, 0.717) is 38.4 Å². The predicted octanol–water partition coefficient (Wildman–Crippen LogP) is 5.46. The first kappa shape index (κ1) is 24.5. The molecule has 0 atom stereocenters. The second-order valence-corrected chi connectivity index (χ2v) is 10.3. The quantitative estimate of drug-likeness (QED) is 0.307. The van der Waals surface area contributed by atoms with E-state index < -0.39 is 21.4 Å². The normalized spacial score (nSPS) is 11.6. The van der Waals surface area contributed by atoms with Crippen molar-refractivity contribution >= 4 is 38.2 Å². The molecule has 0 saturated carbocycles. The van der Waals surface area contributed by atoms with Gasteiger partial charge in [0, 0.05) is 46.4 Å². The first-order valence-electron chi connectivity index (χ1n) is 10.9. The molecule has 11 heteroatoms. The number of nitrogens with one attached hydrogen (secondary N) is 1. The van der Waals surface area contributed by atoms with Crippen LogP contribution in [-0.4, -0.2) is 25.3 Å². The summed E-state index contributed by atoms with van der Waals surface area (Å²) in [5.74, 6) is 0.0528. The van der Waals surface area contributed by atoms with Crippen molar-refractivity contribution in [1.29, 1.82) is 0 Å². The van der Waals surface area contributed by atoms with E-state index in [2.05, 4.69) is 14.4 Å². The van der Waals surface area contributed by atoms with Gasteiger partial charge in [0.05, 0.1) is 12.0 Å². The van der Waals surface area contributed by atoms with Crippen molar-refractivity contribution in [1.82, 2.24) is 9.72 Å². The monoisotopic (exact) mass is 539 g/mol. The standard InChI is InChI=1S/C26H19ClFN3O5S/c1-31-14-22(20-12-23(27)19(13-24(20)35-2)15-4-3-5-16(28)10-15)18-7-6-17(11-21(18)26(31)32)37(33,34)30-25-8-9-36-29-25/h3-14H,1-2H3,(H,29,30). The molecule has 1 N–H and O–H groups in total. The zero-order chi connectivity index (χ0) is 26.3. The summed E-state index contributed by atoms with van der Waals surface area (Å²) in [6.07, 6.45) is 2.86. The van der Waals surface area contributed by atoms with E-state index in [4.69, 9.17) is 16.3 Å². The average molecular weight is 540 g/mol. The van der Waals surface area contributed by atoms with Gasteiger partial charge in [-0.3, -0.25) is 9.52 Å². The molecule has 0 radical (unpaired) electrons. The van der Waals surface area contributed by atoms with Gasteiger partial charge >= 0.3 is 0 Å². The summed E-state index contributed by atoms with van der Waals surface area (Å²) in [5.41, 5.74) is 1.93. The molecule has 0 bridgehead atoms. The molecule has 0 amide bonds. The number of aromatic nitrogens is 2. The van der Waals surface area contributed by atoms with E-state index in [1.165, 1.54) is 48.3 Å². The van der Waals surface area contributed by atoms with Crippen LogP contribution in [0, 0.1) is 5.82 Å². The second kappa shape index (κ2) is 9.38. The van der Waals surface area contributed by atoms with Crippen LogP contribution in [-0.2, 0) is 17.1 Å². The number of ether oxygens (including phenoxy) is 1. The van der Waals surface area contributed by atoms with Gasteiger partial charge in [-0.25, -0.2) is 12.8 Å². The number of benzene rings is 3. The Morgan fingerprint density at radius 1 is 1.03 bits per heavy atom. The van der Waals surface area contributed by atoms with Gasteiger partial charge in [0.15, 0.2) is 5.82 Å². The first-order valence-corrected chi connectivity index (χ1v) is 12.7. The number of hydrogen-bond donors (Lipinski definition) is 1. The third-order valence-corrected chi connectivity index (χ3v) is 7.52. The molecule has 2 aromatic heterocycles. The number of halogens is 2. The van der Waals surface area contributed by atoms with Gasteiger partial charge < -0.3 is 13.8 Å². The second-order valence-electron chi connectivity index (χ2n) is 8.20. The van der Waals surface area contributed by atoms with Crippen molar-refractivity contribution < 1.29 is 22.1 Å². The molecular formula is C26H19ClFN3O5S. The molecular weight excluding hydrogens is 521 g/mol. The minimum atomic E-state index is -4.04. The summed E-state index contributed by atoms with van der Waals surface area (Å²) >= 11 is 6.62. The van der Waals surface area contributed by atoms with Crippen LogP contribution in [0.15, 0.2) is 87.3 Å². The SMILES string of the molecule is COc1cc(-c2cccc(F)c2)c(Cl)cc1-c1cn(C)c(=O)c2cc(S(=O)(=O)Nc3ccon3)ccc12. The summed E-state index contributed by atoms with van der Waals surface area (Å²) in [6, 6.07) is 15.0. The van der Waals surface area contributed by atoms with Crippen LogP contribution >= 0.6 is 11.6 Å². The lowest BCUT2D eigenvalue weighted by Gasteiger charge is -2.16. The fraction of sp³-hybridized carbons (Fsp3) is 0.0769. The molecule has 0 aliphatic rings. The van der Waals surface area contributed by atoms with E-state index in [-0.39, 0.29) is 16.1 Å². The molecule has 188 valence electrons. The largest absolute Gasteiger partial charge is 0.496 e. The Balaban J connectivity index is 1.68. The van der Waals surface area contributed by atoms with Crippen LogP contribution in [0.4, 0.5) is 10.2 Å². The topological polar surface area (TPSA) is 103 Å². The van der Waals surface area contributed by atoms with Gasteiger partial charge in [-0.2, -0.15) is 0 Å². The highest BCUT2D eigenvalue weighted by Crippen LogP contribution is 2.41. The Labute approximate surface area is 215 Å². The highest BCUT2D eigenvalue weighted by Gasteiger charge is 2.21. The van der Waals surface area contributed by atoms with Crippen LogP contribution in [0.3, 0.4) is 0 Å². The van der Waals surface area contributed by atoms with Crippen molar-refractivity contribution in [3.05, 3.63) is 94.3 Å². The number of hydrogen-bond acceptors (Lipinski definition) is 6. The Bertz CT molecular complexity index is 1820. The summed E-state index contributed by atoms with van der Waals surface area (Å²) in [7, 11) is -0.981. The van der Waals surface area contributed by atoms with Crippen molar-refractivity contribution in [2.75, 3.05) is 11.8 Å². The predicted molar refractivity (Wildman–Crippen MR) is 139 cm³/mol. The molecule has 5 aromatic rings. The van der Waals surface area contributed by atoms with Crippen LogP contribution < -0.4 is 15.0 Å². The van der Waals surface area contributed by atoms with Crippen molar-refractivity contribution in [3.63, 3.8) is 0 Å². The van der Waals surface area contributed by atoms with Gasteiger partial charge in [-0.15, -0.1) is 0 Å². The van der Waals surface area contributed by atoms with Gasteiger partial charge in [0.1, 0.15) is 17.8 Å². The molecule has 0 saturated heterocycles. The minimum Gasteiger partial charge on any atom is -0.496 e. The molecule has 0 spiro atoms. The van der Waals surface area contributed by atoms with Crippen LogP contribution in [0.1, 0.15) is 0 Å². The molecule has 8 nitrogen and oxygen atoms in total. The van der Waals surface area contributed by atoms with Gasteiger partial charge in [0.2, 0.25) is 0 Å². The molecule has 0 aliphatic carbocycles. The fourth-order valence-corrected chi connectivity index (χ4v) is 5.39. The Kier molecular flexibility index (Phi) is 6.22. The number of aryl methyl sites for hydroxylation is 1. The maximum Gasteiger partial charge on any atom is 0.263 e. The maximum absolute atomic E-state index is 13.8. The Morgan fingerprint density at radius 3 is 2.54 bits per heavy atom. The summed E-state index contributed by atoms with van der Waals surface area (Å²) in [5, 5.41) is 4.58. The average Bonchev–Trinajstić information content (AvgIpc) is 3.38. The molecule has 2 heterocycles. The number of methoxy groups -OCH3 is 1. The van der Waals surface area contributed by atoms with Gasteiger partial charge in [-0.1, -0.05) is 35.0 Å². The van der Waals surface area contributed by atoms with Gasteiger partial charge in [0.25, 0.3) is 15.6 Å². The van der Waals surface area contributed by atoms with Crippen molar-refractivity contribution in [3.8, 4) is 28.0 Å². The van der Waals surface area contributed by atoms with E-state index in [9.17, 15) is 17.6 Å². The number of sulfonamides is 1. The van der Waals surface area contributed by atoms with E-state index in [1.807, 2.05) is 0 Å². The lowest BCUT2D eigenvalue weighted by molar-refractivity contribution is 0.416. The van der Waals surface area contributed by atoms with Crippen LogP contribution in [0.25, 0.3) is 33.0 Å². The van der Waals surface area contributed by atoms with Crippen LogP contribution in [0.5, 0.6) is 5.75 Å². The highest BCUT2D eigenvalue weighted by atomic mass is 35.5. The molecule has 3 aromatic carbocycles. The smallest absolute Gasteiger partial charge is 0.263 e. The molecule has 37 heavy (non-hydrogen) atoms. The lowest BCUT2D eigenvalue weighted by atomic mass is 9.96. The lowest BCUT2D eigenvalue weighted by Crippen LogP contribution is -2.18. The number of anilines is 1. The maximum atomic E-state index is 13.8. The molecule has 0 unspecified atom stereocenters. The number of nitrogens with zero attached hydrogens (tertiary/aromatic N) is 2. The van der Waals surface area contributed by atoms with Crippen molar-refractivity contribution in [2.24, 2.45) is 7.05 Å². The molecule has 5 rings (SSSR count). The summed E-state index contributed by atoms with van der Waals surface area (Å²) < 4.78 is 53.5. The van der Waals surface area contributed by atoms with Gasteiger partial charge in [-0.05, 0) is 47.3 Å². The minimum absolute atomic E-state index is 0.0134. The zero-order valence-corrected chi connectivity index (χ0v) is 21.1. The first-order chi connectivity index (χ1) is 17.7. The molecule has 0 aliphatic heterocycles. The number of pyridine rings is 1. The third kappa shape index (κ3) is 4.56. The summed E-state index contributed by atoms with van der Waals surface area (Å²) in [6.45, 7) is 0. The van der Waals surface area contributed by atoms with E-state index in [0.717, 1.165) is 0 Å². The van der Waals surface area contributed by atoms with Crippen LogP contribution in [0.2, 0.25) is 5.02 Å². The number of rotatable bonds is 6. The zero-order valence-electron chi connectivity index (χ0n) is 19.5. The highest BCUT2D eigenvalue weighted by molar-refractivity contribution is 7.92. The number of fused-ring (bicyclic) bond motifs is 1. The van der Waals surface area contributed by atoms with E-state index >= 15 is 0 Å². The van der Waals surface area contributed by atoms with Crippen molar-refractivity contribution in [2.45, 2.75) is 4.90 Å². The Morgan fingerprint density at radius 2 is 1.84 bits per heavy atom. The third-order valence-electron chi connectivity index (χ3n) is 5.86. The summed E-state index contributed by atoms with van der Waals surface area (Å²) in [4.78, 5) is 12.9. The van der Waals surface area contributed by atoms with E-state index in [1.54, 1.807) is 43.6 Å². The Hall–Kier alpha value is -4.15. The fourth-order valence-electron chi connectivity index (χ4n) is 4.10. The molecule has 0 fully saturated rings.